The Morgan fingerprint density at radius 2 is 2.05 bits per heavy atom. The summed E-state index contributed by atoms with van der Waals surface area (Å²) in [5, 5.41) is 3.41. The van der Waals surface area contributed by atoms with Crippen molar-refractivity contribution >= 4 is 27.4 Å². The van der Waals surface area contributed by atoms with E-state index in [4.69, 9.17) is 11.6 Å². The molecule has 1 aliphatic heterocycles. The van der Waals surface area contributed by atoms with Crippen LogP contribution in [0.25, 0.3) is 0 Å². The van der Waals surface area contributed by atoms with E-state index in [2.05, 4.69) is 10.3 Å². The second-order valence-corrected chi connectivity index (χ2v) is 7.24. The molecule has 5 nitrogen and oxygen atoms in total. The van der Waals surface area contributed by atoms with Gasteiger partial charge in [-0.1, -0.05) is 24.9 Å². The number of rotatable bonds is 5. The van der Waals surface area contributed by atoms with Gasteiger partial charge in [0, 0.05) is 25.8 Å². The molecule has 1 aromatic heterocycles. The van der Waals surface area contributed by atoms with Gasteiger partial charge in [-0.15, -0.1) is 0 Å². The molecule has 0 atom stereocenters. The van der Waals surface area contributed by atoms with Crippen LogP contribution in [0.4, 0.5) is 5.82 Å². The van der Waals surface area contributed by atoms with Crippen molar-refractivity contribution < 1.29 is 8.42 Å². The number of anilines is 1. The molecule has 0 spiro atoms. The molecule has 7 heteroatoms. The van der Waals surface area contributed by atoms with Crippen LogP contribution in [-0.2, 0) is 10.0 Å². The van der Waals surface area contributed by atoms with Gasteiger partial charge in [0.25, 0.3) is 0 Å². The summed E-state index contributed by atoms with van der Waals surface area (Å²) in [6, 6.07) is 1.48. The molecule has 112 valence electrons. The molecular formula is C13H20ClN3O2S. The normalized spacial score (nSPS) is 17.1. The zero-order valence-corrected chi connectivity index (χ0v) is 13.2. The Bertz CT molecular complexity index is 557. The highest BCUT2D eigenvalue weighted by Gasteiger charge is 2.26. The van der Waals surface area contributed by atoms with Crippen molar-refractivity contribution in [3.63, 3.8) is 0 Å². The summed E-state index contributed by atoms with van der Waals surface area (Å²) in [6.45, 7) is 3.95. The van der Waals surface area contributed by atoms with Crippen LogP contribution < -0.4 is 5.32 Å². The standard InChI is InChI=1S/C13H20ClN3O2S/c1-2-6-15-13-12(14)9-11(10-16-13)20(18,19)17-7-4-3-5-8-17/h9-10H,2-8H2,1H3,(H,15,16). The van der Waals surface area contributed by atoms with Gasteiger partial charge in [-0.25, -0.2) is 13.4 Å². The Kier molecular flexibility index (Phi) is 5.23. The monoisotopic (exact) mass is 317 g/mol. The molecule has 0 radical (unpaired) electrons. The average Bonchev–Trinajstić information content (AvgIpc) is 2.47. The fourth-order valence-electron chi connectivity index (χ4n) is 2.19. The molecule has 1 fully saturated rings. The number of sulfonamides is 1. The molecule has 0 bridgehead atoms. The summed E-state index contributed by atoms with van der Waals surface area (Å²) in [6.07, 6.45) is 5.25. The first-order valence-electron chi connectivity index (χ1n) is 6.95. The summed E-state index contributed by atoms with van der Waals surface area (Å²) in [4.78, 5) is 4.30. The van der Waals surface area contributed by atoms with E-state index in [9.17, 15) is 8.42 Å². The van der Waals surface area contributed by atoms with E-state index in [0.717, 1.165) is 32.2 Å². The average molecular weight is 318 g/mol. The van der Waals surface area contributed by atoms with Crippen LogP contribution in [-0.4, -0.2) is 37.3 Å². The number of nitrogens with one attached hydrogen (secondary N) is 1. The smallest absolute Gasteiger partial charge is 0.244 e. The molecule has 20 heavy (non-hydrogen) atoms. The van der Waals surface area contributed by atoms with Crippen LogP contribution in [0.2, 0.25) is 5.02 Å². The number of hydrogen-bond acceptors (Lipinski definition) is 4. The van der Waals surface area contributed by atoms with Crippen LogP contribution in [0.5, 0.6) is 0 Å². The molecule has 2 heterocycles. The summed E-state index contributed by atoms with van der Waals surface area (Å²) in [7, 11) is -3.46. The third-order valence-electron chi connectivity index (χ3n) is 3.31. The Morgan fingerprint density at radius 1 is 1.35 bits per heavy atom. The van der Waals surface area contributed by atoms with Gasteiger partial charge in [0.05, 0.1) is 5.02 Å². The Labute approximate surface area is 125 Å². The maximum atomic E-state index is 12.5. The highest BCUT2D eigenvalue weighted by atomic mass is 35.5. The second kappa shape index (κ2) is 6.74. The summed E-state index contributed by atoms with van der Waals surface area (Å²) in [5.41, 5.74) is 0. The molecule has 0 aromatic carbocycles. The number of pyridine rings is 1. The van der Waals surface area contributed by atoms with E-state index in [1.807, 2.05) is 6.92 Å². The predicted octanol–water partition coefficient (Wildman–Crippen LogP) is 2.73. The molecule has 0 saturated carbocycles. The Balaban J connectivity index is 2.21. The van der Waals surface area contributed by atoms with Gasteiger partial charge in [0.15, 0.2) is 0 Å². The molecular weight excluding hydrogens is 298 g/mol. The fraction of sp³-hybridized carbons (Fsp3) is 0.615. The summed E-state index contributed by atoms with van der Waals surface area (Å²) in [5.74, 6) is 0.533. The quantitative estimate of drug-likeness (QED) is 0.907. The third kappa shape index (κ3) is 3.42. The molecule has 1 N–H and O–H groups in total. The van der Waals surface area contributed by atoms with Crippen LogP contribution in [0, 0.1) is 0 Å². The lowest BCUT2D eigenvalue weighted by molar-refractivity contribution is 0.346. The second-order valence-electron chi connectivity index (χ2n) is 4.89. The topological polar surface area (TPSA) is 62.3 Å². The van der Waals surface area contributed by atoms with Crippen molar-refractivity contribution in [2.75, 3.05) is 25.0 Å². The first kappa shape index (κ1) is 15.5. The van der Waals surface area contributed by atoms with Crippen LogP contribution in [0.3, 0.4) is 0 Å². The third-order valence-corrected chi connectivity index (χ3v) is 5.46. The molecule has 1 aromatic rings. The van der Waals surface area contributed by atoms with E-state index >= 15 is 0 Å². The minimum absolute atomic E-state index is 0.173. The van der Waals surface area contributed by atoms with Crippen LogP contribution in [0.1, 0.15) is 32.6 Å². The lowest BCUT2D eigenvalue weighted by atomic mass is 10.2. The van der Waals surface area contributed by atoms with Crippen molar-refractivity contribution in [3.8, 4) is 0 Å². The van der Waals surface area contributed by atoms with Crippen LogP contribution >= 0.6 is 11.6 Å². The number of halogens is 1. The van der Waals surface area contributed by atoms with Crippen LogP contribution in [0.15, 0.2) is 17.2 Å². The first-order valence-corrected chi connectivity index (χ1v) is 8.77. The van der Waals surface area contributed by atoms with Gasteiger partial charge in [-0.05, 0) is 25.3 Å². The maximum Gasteiger partial charge on any atom is 0.244 e. The number of nitrogens with zero attached hydrogens (tertiary/aromatic N) is 2. The summed E-state index contributed by atoms with van der Waals surface area (Å²) >= 11 is 6.10. The molecule has 1 saturated heterocycles. The Morgan fingerprint density at radius 3 is 2.65 bits per heavy atom. The number of aromatic nitrogens is 1. The highest BCUT2D eigenvalue weighted by Crippen LogP contribution is 2.26. The lowest BCUT2D eigenvalue weighted by Crippen LogP contribution is -2.35. The predicted molar refractivity (Wildman–Crippen MR) is 80.6 cm³/mol. The lowest BCUT2D eigenvalue weighted by Gasteiger charge is -2.25. The SMILES string of the molecule is CCCNc1ncc(S(=O)(=O)N2CCCCC2)cc1Cl. The zero-order valence-electron chi connectivity index (χ0n) is 11.6. The van der Waals surface area contributed by atoms with Crippen molar-refractivity contribution in [3.05, 3.63) is 17.3 Å². The van der Waals surface area contributed by atoms with E-state index in [0.29, 0.717) is 23.9 Å². The van der Waals surface area contributed by atoms with E-state index in [1.165, 1.54) is 16.6 Å². The first-order chi connectivity index (χ1) is 9.55. The number of hydrogen-bond donors (Lipinski definition) is 1. The molecule has 0 aliphatic carbocycles. The van der Waals surface area contributed by atoms with E-state index in [-0.39, 0.29) is 4.90 Å². The van der Waals surface area contributed by atoms with Gasteiger partial charge in [0.2, 0.25) is 10.0 Å². The minimum atomic E-state index is -3.46. The highest BCUT2D eigenvalue weighted by molar-refractivity contribution is 7.89. The van der Waals surface area contributed by atoms with Gasteiger partial charge in [-0.2, -0.15) is 4.31 Å². The van der Waals surface area contributed by atoms with E-state index in [1.54, 1.807) is 0 Å². The van der Waals surface area contributed by atoms with E-state index < -0.39 is 10.0 Å². The van der Waals surface area contributed by atoms with Gasteiger partial charge >= 0.3 is 0 Å². The van der Waals surface area contributed by atoms with Crippen molar-refractivity contribution in [2.24, 2.45) is 0 Å². The molecule has 2 rings (SSSR count). The number of piperidine rings is 1. The minimum Gasteiger partial charge on any atom is -0.369 e. The van der Waals surface area contributed by atoms with Crippen molar-refractivity contribution in [1.82, 2.24) is 9.29 Å². The molecule has 0 amide bonds. The van der Waals surface area contributed by atoms with Crippen molar-refractivity contribution in [1.29, 1.82) is 0 Å². The van der Waals surface area contributed by atoms with Crippen molar-refractivity contribution in [2.45, 2.75) is 37.5 Å². The molecule has 0 unspecified atom stereocenters. The zero-order chi connectivity index (χ0) is 14.6. The van der Waals surface area contributed by atoms with Gasteiger partial charge in [0.1, 0.15) is 10.7 Å². The fourth-order valence-corrected chi connectivity index (χ4v) is 3.98. The largest absolute Gasteiger partial charge is 0.369 e. The summed E-state index contributed by atoms with van der Waals surface area (Å²) < 4.78 is 26.5. The van der Waals surface area contributed by atoms with Gasteiger partial charge < -0.3 is 5.32 Å². The Hall–Kier alpha value is -0.850. The molecule has 1 aliphatic rings. The maximum absolute atomic E-state index is 12.5. The van der Waals surface area contributed by atoms with Gasteiger partial charge in [-0.3, -0.25) is 0 Å².